The molecule has 2 rings (SSSR count). The molecule has 1 saturated carbocycles. The van der Waals surface area contributed by atoms with E-state index >= 15 is 0 Å². The summed E-state index contributed by atoms with van der Waals surface area (Å²) in [6.07, 6.45) is 7.37. The molecule has 0 aliphatic heterocycles. The minimum absolute atomic E-state index is 0.0779. The van der Waals surface area contributed by atoms with Gasteiger partial charge in [-0.1, -0.05) is 59.8 Å². The third-order valence-electron chi connectivity index (χ3n) is 5.37. The van der Waals surface area contributed by atoms with Crippen molar-refractivity contribution in [1.29, 1.82) is 0 Å². The molecule has 1 aromatic heterocycles. The highest BCUT2D eigenvalue weighted by Gasteiger charge is 2.26. The number of aromatic nitrogens is 2. The highest BCUT2D eigenvalue weighted by Crippen LogP contribution is 2.28. The minimum Gasteiger partial charge on any atom is -0.383 e. The summed E-state index contributed by atoms with van der Waals surface area (Å²) in [6, 6.07) is 0. The highest BCUT2D eigenvalue weighted by atomic mass is 16.2. The number of nitrogens with one attached hydrogen (secondary N) is 1. The average Bonchev–Trinajstić information content (AvgIpc) is 2.62. The van der Waals surface area contributed by atoms with E-state index in [2.05, 4.69) is 4.98 Å². The zero-order valence-corrected chi connectivity index (χ0v) is 17.8. The molecule has 0 aromatic carbocycles. The molecule has 1 amide bonds. The van der Waals surface area contributed by atoms with Gasteiger partial charge in [-0.3, -0.25) is 19.1 Å². The van der Waals surface area contributed by atoms with E-state index < -0.39 is 11.2 Å². The third kappa shape index (κ3) is 5.72. The fraction of sp³-hybridized carbons (Fsp3) is 0.762. The predicted octanol–water partition coefficient (Wildman–Crippen LogP) is 3.12. The lowest BCUT2D eigenvalue weighted by atomic mass is 9.86. The van der Waals surface area contributed by atoms with Gasteiger partial charge >= 0.3 is 5.69 Å². The Balaban J connectivity index is 2.32. The van der Waals surface area contributed by atoms with E-state index in [4.69, 9.17) is 5.73 Å². The van der Waals surface area contributed by atoms with Gasteiger partial charge in [-0.2, -0.15) is 0 Å². The fourth-order valence-corrected chi connectivity index (χ4v) is 4.01. The SMILES string of the molecule is CC(C)CN(C(=O)CCC1CCCCC1)c1c(N)n(CC(C)C)c(=O)[nH]c1=O. The van der Waals surface area contributed by atoms with Gasteiger partial charge in [0.15, 0.2) is 5.69 Å². The second kappa shape index (κ2) is 9.94. The predicted molar refractivity (Wildman–Crippen MR) is 114 cm³/mol. The van der Waals surface area contributed by atoms with Crippen molar-refractivity contribution in [3.05, 3.63) is 20.8 Å². The molecule has 1 heterocycles. The molecule has 7 nitrogen and oxygen atoms in total. The summed E-state index contributed by atoms with van der Waals surface area (Å²) in [6.45, 7) is 8.72. The second-order valence-corrected chi connectivity index (χ2v) is 8.94. The Labute approximate surface area is 167 Å². The number of hydrogen-bond donors (Lipinski definition) is 2. The maximum atomic E-state index is 13.1. The zero-order chi connectivity index (χ0) is 20.8. The van der Waals surface area contributed by atoms with Crippen molar-refractivity contribution >= 4 is 17.4 Å². The van der Waals surface area contributed by atoms with Crippen molar-refractivity contribution in [2.24, 2.45) is 17.8 Å². The van der Waals surface area contributed by atoms with Gasteiger partial charge in [0.05, 0.1) is 0 Å². The number of nitrogen functional groups attached to an aromatic ring is 1. The first-order valence-electron chi connectivity index (χ1n) is 10.6. The summed E-state index contributed by atoms with van der Waals surface area (Å²) in [5.74, 6) is 0.923. The number of nitrogens with two attached hydrogens (primary N) is 1. The first-order valence-corrected chi connectivity index (χ1v) is 10.6. The van der Waals surface area contributed by atoms with Crippen LogP contribution in [0.4, 0.5) is 11.5 Å². The van der Waals surface area contributed by atoms with Gasteiger partial charge in [-0.05, 0) is 24.2 Å². The number of carbonyl (C=O) groups excluding carboxylic acids is 1. The molecule has 0 bridgehead atoms. The van der Waals surface area contributed by atoms with E-state index in [0.717, 1.165) is 6.42 Å². The van der Waals surface area contributed by atoms with Gasteiger partial charge in [0.2, 0.25) is 5.91 Å². The standard InChI is InChI=1S/C21H36N4O3/c1-14(2)12-24(17(26)11-10-16-8-6-5-7-9-16)18-19(22)25(13-15(3)4)21(28)23-20(18)27/h14-16H,5-13,22H2,1-4H3,(H,23,27,28). The van der Waals surface area contributed by atoms with Gasteiger partial charge in [0.1, 0.15) is 5.82 Å². The molecule has 3 N–H and O–H groups in total. The quantitative estimate of drug-likeness (QED) is 0.709. The maximum Gasteiger partial charge on any atom is 0.330 e. The molecule has 1 aromatic rings. The summed E-state index contributed by atoms with van der Waals surface area (Å²) in [7, 11) is 0. The van der Waals surface area contributed by atoms with Gasteiger partial charge in [0, 0.05) is 19.5 Å². The van der Waals surface area contributed by atoms with Crippen LogP contribution in [0.1, 0.15) is 72.6 Å². The first-order chi connectivity index (χ1) is 13.2. The summed E-state index contributed by atoms with van der Waals surface area (Å²) in [5, 5.41) is 0. The van der Waals surface area contributed by atoms with Gasteiger partial charge in [-0.15, -0.1) is 0 Å². The van der Waals surface area contributed by atoms with Crippen molar-refractivity contribution in [3.8, 4) is 0 Å². The van der Waals surface area contributed by atoms with Crippen LogP contribution < -0.4 is 21.9 Å². The number of H-pyrrole nitrogens is 1. The number of nitrogens with zero attached hydrogens (tertiary/aromatic N) is 2. The smallest absolute Gasteiger partial charge is 0.330 e. The van der Waals surface area contributed by atoms with Crippen LogP contribution in [0.5, 0.6) is 0 Å². The Kier molecular flexibility index (Phi) is 7.89. The van der Waals surface area contributed by atoms with E-state index in [1.54, 1.807) is 0 Å². The Morgan fingerprint density at radius 2 is 1.79 bits per heavy atom. The van der Waals surface area contributed by atoms with E-state index in [0.29, 0.717) is 25.4 Å². The third-order valence-corrected chi connectivity index (χ3v) is 5.37. The number of carbonyl (C=O) groups is 1. The van der Waals surface area contributed by atoms with E-state index in [9.17, 15) is 14.4 Å². The molecule has 0 spiro atoms. The lowest BCUT2D eigenvalue weighted by molar-refractivity contribution is -0.119. The molecule has 7 heteroatoms. The second-order valence-electron chi connectivity index (χ2n) is 8.94. The maximum absolute atomic E-state index is 13.1. The summed E-state index contributed by atoms with van der Waals surface area (Å²) in [5.41, 5.74) is 5.23. The van der Waals surface area contributed by atoms with Crippen LogP contribution in [0.2, 0.25) is 0 Å². The Hall–Kier alpha value is -2.05. The lowest BCUT2D eigenvalue weighted by Crippen LogP contribution is -2.43. The Morgan fingerprint density at radius 3 is 2.36 bits per heavy atom. The van der Waals surface area contributed by atoms with Crippen LogP contribution in [-0.4, -0.2) is 22.0 Å². The molecule has 0 saturated heterocycles. The zero-order valence-electron chi connectivity index (χ0n) is 17.8. The molecule has 0 atom stereocenters. The van der Waals surface area contributed by atoms with Crippen LogP contribution in [0.3, 0.4) is 0 Å². The number of anilines is 2. The summed E-state index contributed by atoms with van der Waals surface area (Å²) in [4.78, 5) is 41.7. The van der Waals surface area contributed by atoms with E-state index in [1.807, 2.05) is 27.7 Å². The van der Waals surface area contributed by atoms with E-state index in [-0.39, 0.29) is 29.2 Å². The van der Waals surface area contributed by atoms with Crippen molar-refractivity contribution in [2.45, 2.75) is 79.2 Å². The molecule has 0 unspecified atom stereocenters. The van der Waals surface area contributed by atoms with Crippen LogP contribution in [0.25, 0.3) is 0 Å². The molecule has 1 fully saturated rings. The van der Waals surface area contributed by atoms with Gasteiger partial charge in [-0.25, -0.2) is 4.79 Å². The molecule has 1 aliphatic rings. The van der Waals surface area contributed by atoms with Gasteiger partial charge < -0.3 is 10.6 Å². The monoisotopic (exact) mass is 392 g/mol. The number of rotatable bonds is 8. The summed E-state index contributed by atoms with van der Waals surface area (Å²) < 4.78 is 1.36. The van der Waals surface area contributed by atoms with Gasteiger partial charge in [0.25, 0.3) is 5.56 Å². The normalized spacial score (nSPS) is 15.4. The van der Waals surface area contributed by atoms with Crippen LogP contribution in [0.15, 0.2) is 9.59 Å². The summed E-state index contributed by atoms with van der Waals surface area (Å²) >= 11 is 0. The molecular weight excluding hydrogens is 356 g/mol. The molecule has 0 radical (unpaired) electrons. The molecule has 158 valence electrons. The van der Waals surface area contributed by atoms with Crippen LogP contribution in [0, 0.1) is 17.8 Å². The number of aromatic amines is 1. The van der Waals surface area contributed by atoms with Crippen molar-refractivity contribution in [2.75, 3.05) is 17.2 Å². The van der Waals surface area contributed by atoms with Crippen molar-refractivity contribution < 1.29 is 4.79 Å². The molecular formula is C21H36N4O3. The number of amides is 1. The molecule has 1 aliphatic carbocycles. The van der Waals surface area contributed by atoms with Crippen LogP contribution in [-0.2, 0) is 11.3 Å². The van der Waals surface area contributed by atoms with Crippen molar-refractivity contribution in [3.63, 3.8) is 0 Å². The first kappa shape index (κ1) is 22.2. The molecule has 28 heavy (non-hydrogen) atoms. The largest absolute Gasteiger partial charge is 0.383 e. The van der Waals surface area contributed by atoms with Crippen molar-refractivity contribution in [1.82, 2.24) is 9.55 Å². The topological polar surface area (TPSA) is 101 Å². The number of hydrogen-bond acceptors (Lipinski definition) is 4. The van der Waals surface area contributed by atoms with Crippen LogP contribution >= 0.6 is 0 Å². The fourth-order valence-electron chi connectivity index (χ4n) is 4.01. The van der Waals surface area contributed by atoms with E-state index in [1.165, 1.54) is 41.6 Å². The lowest BCUT2D eigenvalue weighted by Gasteiger charge is -2.27. The average molecular weight is 393 g/mol. The minimum atomic E-state index is -0.589. The highest BCUT2D eigenvalue weighted by molar-refractivity contribution is 5.95. The Bertz CT molecular complexity index is 773. The Morgan fingerprint density at radius 1 is 1.14 bits per heavy atom.